The fourth-order valence-electron chi connectivity index (χ4n) is 4.09. The van der Waals surface area contributed by atoms with Gasteiger partial charge in [0, 0.05) is 34.6 Å². The van der Waals surface area contributed by atoms with E-state index in [1.165, 1.54) is 0 Å². The van der Waals surface area contributed by atoms with Crippen LogP contribution in [0.5, 0.6) is 0 Å². The Kier molecular flexibility index (Phi) is 11.4. The van der Waals surface area contributed by atoms with E-state index >= 15 is 0 Å². The molecule has 2 fully saturated rings. The molecule has 10 atom stereocenters. The number of aliphatic hydroxyl groups excluding tert-OH is 3. The van der Waals surface area contributed by atoms with Crippen LogP contribution in [0.15, 0.2) is 0 Å². The van der Waals surface area contributed by atoms with Crippen LogP contribution in [0.25, 0.3) is 0 Å². The van der Waals surface area contributed by atoms with Gasteiger partial charge in [-0.05, 0) is 0 Å². The zero-order valence-corrected chi connectivity index (χ0v) is 21.4. The number of ether oxygens (including phenoxy) is 7. The molecule has 0 unspecified atom stereocenters. The number of carbonyl (C=O) groups excluding carboxylic acids is 5. The molecule has 0 spiro atoms. The number of nitrogens with one attached hydrogen (secondary N) is 1. The fraction of sp³-hybridized carbons (Fsp3) is 0.773. The van der Waals surface area contributed by atoms with Gasteiger partial charge in [0.2, 0.25) is 5.91 Å². The summed E-state index contributed by atoms with van der Waals surface area (Å²) in [4.78, 5) is 59.0. The highest BCUT2D eigenvalue weighted by atomic mass is 16.7. The number of hydrogen-bond acceptors (Lipinski definition) is 15. The summed E-state index contributed by atoms with van der Waals surface area (Å²) in [5.74, 6) is -3.94. The molecule has 216 valence electrons. The number of aliphatic hydroxyl groups is 3. The van der Waals surface area contributed by atoms with Crippen LogP contribution in [0.1, 0.15) is 34.6 Å². The van der Waals surface area contributed by atoms with Crippen molar-refractivity contribution in [1.82, 2.24) is 5.32 Å². The largest absolute Gasteiger partial charge is 0.463 e. The molecule has 2 aliphatic heterocycles. The number of rotatable bonds is 9. The van der Waals surface area contributed by atoms with Crippen LogP contribution in [-0.4, -0.2) is 120 Å². The Hall–Kier alpha value is -2.89. The molecule has 1 amide bonds. The van der Waals surface area contributed by atoms with E-state index in [0.717, 1.165) is 34.6 Å². The molecule has 2 heterocycles. The van der Waals surface area contributed by atoms with Gasteiger partial charge in [0.05, 0.1) is 6.61 Å². The lowest BCUT2D eigenvalue weighted by Gasteiger charge is -2.48. The van der Waals surface area contributed by atoms with E-state index in [2.05, 4.69) is 5.32 Å². The maximum Gasteiger partial charge on any atom is 0.303 e. The smallest absolute Gasteiger partial charge is 0.303 e. The number of carbonyl (C=O) groups is 5. The van der Waals surface area contributed by atoms with Gasteiger partial charge in [-0.3, -0.25) is 24.0 Å². The van der Waals surface area contributed by atoms with Crippen molar-refractivity contribution in [2.24, 2.45) is 0 Å². The highest BCUT2D eigenvalue weighted by Crippen LogP contribution is 2.33. The SMILES string of the molecule is CC(=O)N[C@@H]1[C@@H](O[C@@H]2O[C@H](COC(C)=O)[C@H](OC(C)=O)[C@H](OC(C)=O)[C@H]2OC(C)=O)[C@@H](O)[C@@H](CO)O[C@H]1O. The third-order valence-electron chi connectivity index (χ3n) is 5.48. The number of esters is 4. The summed E-state index contributed by atoms with van der Waals surface area (Å²) in [6, 6.07) is -1.41. The Bertz CT molecular complexity index is 881. The standard InChI is InChI=1S/C22H33NO15/c1-8(25)23-15-18(16(30)13(6-24)36-21(15)31)38-22-20(35-12(5)29)19(34-11(4)28)17(33-10(3)27)14(37-22)7-32-9(2)26/h13-22,24,30-31H,6-7H2,1-5H3,(H,23,25)/t13-,14-,15-,16+,17+,18-,19+,20-,21-,22+/m1/s1. The molecular formula is C22H33NO15. The highest BCUT2D eigenvalue weighted by Gasteiger charge is 2.55. The molecule has 0 radical (unpaired) electrons. The predicted molar refractivity (Wildman–Crippen MR) is 118 cm³/mol. The summed E-state index contributed by atoms with van der Waals surface area (Å²) < 4.78 is 37.7. The van der Waals surface area contributed by atoms with Gasteiger partial charge < -0.3 is 53.8 Å². The Balaban J connectivity index is 2.54. The lowest BCUT2D eigenvalue weighted by molar-refractivity contribution is -0.343. The molecule has 2 saturated heterocycles. The van der Waals surface area contributed by atoms with Crippen molar-refractivity contribution < 1.29 is 72.5 Å². The van der Waals surface area contributed by atoms with E-state index in [1.807, 2.05) is 0 Å². The Morgan fingerprint density at radius 1 is 0.737 bits per heavy atom. The molecule has 0 aromatic heterocycles. The van der Waals surface area contributed by atoms with E-state index in [4.69, 9.17) is 33.2 Å². The van der Waals surface area contributed by atoms with Gasteiger partial charge >= 0.3 is 23.9 Å². The maximum atomic E-state index is 12.0. The fourth-order valence-corrected chi connectivity index (χ4v) is 4.09. The normalized spacial score (nSPS) is 34.9. The zero-order chi connectivity index (χ0) is 28.7. The third kappa shape index (κ3) is 8.31. The van der Waals surface area contributed by atoms with E-state index in [0.29, 0.717) is 0 Å². The predicted octanol–water partition coefficient (Wildman–Crippen LogP) is -2.97. The van der Waals surface area contributed by atoms with Crippen LogP contribution < -0.4 is 5.32 Å². The van der Waals surface area contributed by atoms with Gasteiger partial charge in [-0.1, -0.05) is 0 Å². The summed E-state index contributed by atoms with van der Waals surface area (Å²) in [5, 5.41) is 33.1. The van der Waals surface area contributed by atoms with E-state index in [1.54, 1.807) is 0 Å². The first kappa shape index (κ1) is 31.3. The lowest BCUT2D eigenvalue weighted by Crippen LogP contribution is -2.68. The summed E-state index contributed by atoms with van der Waals surface area (Å²) in [6.45, 7) is 4.10. The van der Waals surface area contributed by atoms with Crippen LogP contribution in [0.3, 0.4) is 0 Å². The van der Waals surface area contributed by atoms with Crippen molar-refractivity contribution in [3.8, 4) is 0 Å². The minimum atomic E-state index is -1.75. The van der Waals surface area contributed by atoms with Gasteiger partial charge in [-0.25, -0.2) is 0 Å². The van der Waals surface area contributed by atoms with Crippen LogP contribution in [0.2, 0.25) is 0 Å². The van der Waals surface area contributed by atoms with Gasteiger partial charge in [-0.2, -0.15) is 0 Å². The number of amides is 1. The second kappa shape index (κ2) is 13.8. The Morgan fingerprint density at radius 3 is 1.79 bits per heavy atom. The lowest BCUT2D eigenvalue weighted by atomic mass is 9.95. The second-order valence-corrected chi connectivity index (χ2v) is 8.63. The van der Waals surface area contributed by atoms with Crippen molar-refractivity contribution in [2.75, 3.05) is 13.2 Å². The first-order valence-corrected chi connectivity index (χ1v) is 11.6. The Morgan fingerprint density at radius 2 is 1.29 bits per heavy atom. The molecule has 0 aliphatic carbocycles. The molecule has 0 bridgehead atoms. The van der Waals surface area contributed by atoms with Gasteiger partial charge in [0.1, 0.15) is 37.1 Å². The summed E-state index contributed by atoms with van der Waals surface area (Å²) in [7, 11) is 0. The topological polar surface area (TPSA) is 223 Å². The molecule has 2 aliphatic rings. The molecule has 2 rings (SSSR count). The number of hydrogen-bond donors (Lipinski definition) is 4. The van der Waals surface area contributed by atoms with E-state index in [9.17, 15) is 39.3 Å². The van der Waals surface area contributed by atoms with Crippen molar-refractivity contribution in [3.05, 3.63) is 0 Å². The molecule has 38 heavy (non-hydrogen) atoms. The molecule has 0 aromatic carbocycles. The van der Waals surface area contributed by atoms with Crippen LogP contribution in [-0.2, 0) is 57.1 Å². The molecule has 16 nitrogen and oxygen atoms in total. The van der Waals surface area contributed by atoms with Crippen LogP contribution in [0, 0.1) is 0 Å². The summed E-state index contributed by atoms with van der Waals surface area (Å²) >= 11 is 0. The van der Waals surface area contributed by atoms with Crippen molar-refractivity contribution >= 4 is 29.8 Å². The maximum absolute atomic E-state index is 12.0. The second-order valence-electron chi connectivity index (χ2n) is 8.63. The molecule has 16 heteroatoms. The first-order chi connectivity index (χ1) is 17.7. The van der Waals surface area contributed by atoms with Crippen molar-refractivity contribution in [1.29, 1.82) is 0 Å². The average Bonchev–Trinajstić information content (AvgIpc) is 2.79. The van der Waals surface area contributed by atoms with E-state index in [-0.39, 0.29) is 0 Å². The summed E-state index contributed by atoms with van der Waals surface area (Å²) in [5.41, 5.74) is 0. The minimum Gasteiger partial charge on any atom is -0.463 e. The van der Waals surface area contributed by atoms with Gasteiger partial charge in [0.25, 0.3) is 0 Å². The molecule has 0 saturated carbocycles. The minimum absolute atomic E-state index is 0.523. The quantitative estimate of drug-likeness (QED) is 0.166. The van der Waals surface area contributed by atoms with Crippen LogP contribution >= 0.6 is 0 Å². The molecule has 0 aromatic rings. The van der Waals surface area contributed by atoms with Crippen LogP contribution in [0.4, 0.5) is 0 Å². The average molecular weight is 551 g/mol. The Labute approximate surface area is 217 Å². The highest BCUT2D eigenvalue weighted by molar-refractivity contribution is 5.73. The van der Waals surface area contributed by atoms with Gasteiger partial charge in [-0.15, -0.1) is 0 Å². The zero-order valence-electron chi connectivity index (χ0n) is 21.4. The molecule has 4 N–H and O–H groups in total. The van der Waals surface area contributed by atoms with Crippen molar-refractivity contribution in [3.63, 3.8) is 0 Å². The van der Waals surface area contributed by atoms with Crippen molar-refractivity contribution in [2.45, 2.75) is 96.0 Å². The molecular weight excluding hydrogens is 518 g/mol. The third-order valence-corrected chi connectivity index (χ3v) is 5.48. The van der Waals surface area contributed by atoms with Gasteiger partial charge in [0.15, 0.2) is 30.9 Å². The monoisotopic (exact) mass is 551 g/mol. The first-order valence-electron chi connectivity index (χ1n) is 11.6. The van der Waals surface area contributed by atoms with E-state index < -0.39 is 104 Å². The summed E-state index contributed by atoms with van der Waals surface area (Å²) in [6.07, 6.45) is -14.0.